The van der Waals surface area contributed by atoms with Gasteiger partial charge in [-0.3, -0.25) is 9.59 Å². The van der Waals surface area contributed by atoms with Crippen LogP contribution in [0.5, 0.6) is 0 Å². The Balaban J connectivity index is 1.62. The molecule has 1 aromatic carbocycles. The lowest BCUT2D eigenvalue weighted by atomic mass is 10.2. The number of aliphatic hydroxyl groups is 1. The smallest absolute Gasteiger partial charge is 0.258 e. The van der Waals surface area contributed by atoms with Gasteiger partial charge in [0.05, 0.1) is 18.7 Å². The molecule has 0 aliphatic carbocycles. The van der Waals surface area contributed by atoms with Gasteiger partial charge >= 0.3 is 0 Å². The molecule has 2 heterocycles. The number of nitrogens with one attached hydrogen (secondary N) is 3. The Hall–Kier alpha value is -2.98. The number of thioether (sulfide) groups is 1. The highest BCUT2D eigenvalue weighted by Gasteiger charge is 2.13. The summed E-state index contributed by atoms with van der Waals surface area (Å²) >= 11 is 7.30. The van der Waals surface area contributed by atoms with Crippen molar-refractivity contribution >= 4 is 46.7 Å². The Kier molecular flexibility index (Phi) is 9.00. The van der Waals surface area contributed by atoms with E-state index in [1.807, 2.05) is 6.07 Å². The minimum absolute atomic E-state index is 0.0362. The van der Waals surface area contributed by atoms with E-state index < -0.39 is 0 Å². The Labute approximate surface area is 194 Å². The average Bonchev–Trinajstić information content (AvgIpc) is 2.80. The molecule has 8 nitrogen and oxygen atoms in total. The molecule has 2 amide bonds. The minimum Gasteiger partial charge on any atom is -0.395 e. The number of rotatable bonds is 10. The van der Waals surface area contributed by atoms with Crippen molar-refractivity contribution in [1.29, 1.82) is 0 Å². The molecule has 0 saturated heterocycles. The van der Waals surface area contributed by atoms with Crippen LogP contribution in [0.3, 0.4) is 0 Å². The predicted octanol–water partition coefficient (Wildman–Crippen LogP) is 3.20. The normalized spacial score (nSPS) is 10.6. The van der Waals surface area contributed by atoms with Crippen molar-refractivity contribution in [3.8, 4) is 0 Å². The van der Waals surface area contributed by atoms with Gasteiger partial charge in [0, 0.05) is 35.4 Å². The lowest BCUT2D eigenvalue weighted by molar-refractivity contribution is -0.115. The first kappa shape index (κ1) is 23.7. The van der Waals surface area contributed by atoms with Crippen LogP contribution in [0.1, 0.15) is 15.9 Å². The number of hydrogen-bond acceptors (Lipinski definition) is 7. The number of hydrogen-bond donors (Lipinski definition) is 4. The SMILES string of the molecule is O=C(CNCCO)Nc1cc(CSc2ncccc2C(=O)Nc2ccc(Cl)cc2)ccn1. The number of amides is 2. The molecule has 2 aromatic heterocycles. The van der Waals surface area contributed by atoms with Crippen molar-refractivity contribution < 1.29 is 14.7 Å². The Morgan fingerprint density at radius 2 is 1.84 bits per heavy atom. The van der Waals surface area contributed by atoms with Crippen LogP contribution >= 0.6 is 23.4 Å². The molecule has 3 aromatic rings. The third-order valence-electron chi connectivity index (χ3n) is 4.16. The molecule has 0 spiro atoms. The fourth-order valence-electron chi connectivity index (χ4n) is 2.66. The summed E-state index contributed by atoms with van der Waals surface area (Å²) in [6.07, 6.45) is 3.25. The second kappa shape index (κ2) is 12.2. The van der Waals surface area contributed by atoms with Crippen molar-refractivity contribution in [2.75, 3.05) is 30.3 Å². The second-order valence-electron chi connectivity index (χ2n) is 6.60. The second-order valence-corrected chi connectivity index (χ2v) is 8.00. The monoisotopic (exact) mass is 471 g/mol. The molecule has 0 aliphatic heterocycles. The summed E-state index contributed by atoms with van der Waals surface area (Å²) in [4.78, 5) is 33.1. The van der Waals surface area contributed by atoms with Gasteiger partial charge < -0.3 is 21.1 Å². The molecule has 0 radical (unpaired) electrons. The molecule has 0 atom stereocenters. The fraction of sp³-hybridized carbons (Fsp3) is 0.182. The van der Waals surface area contributed by atoms with Crippen molar-refractivity contribution in [1.82, 2.24) is 15.3 Å². The summed E-state index contributed by atoms with van der Waals surface area (Å²) < 4.78 is 0. The number of halogens is 1. The molecule has 0 saturated carbocycles. The maximum atomic E-state index is 12.7. The first-order valence-electron chi connectivity index (χ1n) is 9.76. The minimum atomic E-state index is -0.263. The molecular weight excluding hydrogens is 450 g/mol. The summed E-state index contributed by atoms with van der Waals surface area (Å²) in [6.45, 7) is 0.391. The number of aliphatic hydroxyl groups excluding tert-OH is 1. The van der Waals surface area contributed by atoms with Gasteiger partial charge in [-0.2, -0.15) is 0 Å². The van der Waals surface area contributed by atoms with Crippen molar-refractivity contribution in [2.45, 2.75) is 10.8 Å². The topological polar surface area (TPSA) is 116 Å². The van der Waals surface area contributed by atoms with Crippen molar-refractivity contribution in [3.05, 3.63) is 77.1 Å². The van der Waals surface area contributed by atoms with E-state index in [0.717, 1.165) is 5.56 Å². The van der Waals surface area contributed by atoms with Crippen LogP contribution in [-0.2, 0) is 10.5 Å². The van der Waals surface area contributed by atoms with Gasteiger partial charge in [-0.25, -0.2) is 9.97 Å². The van der Waals surface area contributed by atoms with Gasteiger partial charge in [0.1, 0.15) is 10.8 Å². The number of carbonyl (C=O) groups excluding carboxylic acids is 2. The van der Waals surface area contributed by atoms with Crippen LogP contribution < -0.4 is 16.0 Å². The molecule has 0 fully saturated rings. The molecule has 166 valence electrons. The summed E-state index contributed by atoms with van der Waals surface area (Å²) in [5.41, 5.74) is 2.02. The van der Waals surface area contributed by atoms with E-state index in [9.17, 15) is 9.59 Å². The van der Waals surface area contributed by atoms with E-state index in [4.69, 9.17) is 16.7 Å². The quantitative estimate of drug-likeness (QED) is 0.265. The number of nitrogens with zero attached hydrogens (tertiary/aromatic N) is 2. The highest BCUT2D eigenvalue weighted by atomic mass is 35.5. The van der Waals surface area contributed by atoms with Crippen LogP contribution in [0.25, 0.3) is 0 Å². The zero-order valence-corrected chi connectivity index (χ0v) is 18.6. The van der Waals surface area contributed by atoms with Gasteiger partial charge in [0.25, 0.3) is 5.91 Å². The predicted molar refractivity (Wildman–Crippen MR) is 126 cm³/mol. The molecular formula is C22H22ClN5O3S. The van der Waals surface area contributed by atoms with Crippen LogP contribution in [-0.4, -0.2) is 46.6 Å². The standard InChI is InChI=1S/C22H22ClN5O3S/c23-16-3-5-17(6-4-16)27-21(31)18-2-1-8-26-22(18)32-14-15-7-9-25-19(12-15)28-20(30)13-24-10-11-29/h1-9,12,24,29H,10-11,13-14H2,(H,27,31)(H,25,28,30). The third kappa shape index (κ3) is 7.31. The van der Waals surface area contributed by atoms with E-state index in [1.54, 1.807) is 54.9 Å². The van der Waals surface area contributed by atoms with Crippen LogP contribution in [0, 0.1) is 0 Å². The van der Waals surface area contributed by atoms with Gasteiger partial charge in [-0.05, 0) is 54.1 Å². The maximum Gasteiger partial charge on any atom is 0.258 e. The number of pyridine rings is 2. The highest BCUT2D eigenvalue weighted by molar-refractivity contribution is 7.98. The van der Waals surface area contributed by atoms with E-state index >= 15 is 0 Å². The summed E-state index contributed by atoms with van der Waals surface area (Å²) in [6, 6.07) is 13.9. The van der Waals surface area contributed by atoms with E-state index in [0.29, 0.717) is 39.4 Å². The zero-order chi connectivity index (χ0) is 22.8. The molecule has 0 aliphatic rings. The first-order valence-corrected chi connectivity index (χ1v) is 11.1. The first-order chi connectivity index (χ1) is 15.5. The molecule has 32 heavy (non-hydrogen) atoms. The largest absolute Gasteiger partial charge is 0.395 e. The molecule has 4 N–H and O–H groups in total. The summed E-state index contributed by atoms with van der Waals surface area (Å²) in [7, 11) is 0. The summed E-state index contributed by atoms with van der Waals surface area (Å²) in [5, 5.41) is 18.3. The van der Waals surface area contributed by atoms with Gasteiger partial charge in [-0.1, -0.05) is 11.6 Å². The van der Waals surface area contributed by atoms with Crippen LogP contribution in [0.2, 0.25) is 5.02 Å². The maximum absolute atomic E-state index is 12.7. The van der Waals surface area contributed by atoms with Crippen LogP contribution in [0.15, 0.2) is 66.0 Å². The average molecular weight is 472 g/mol. The van der Waals surface area contributed by atoms with Crippen LogP contribution in [0.4, 0.5) is 11.5 Å². The number of aromatic nitrogens is 2. The van der Waals surface area contributed by atoms with E-state index in [1.165, 1.54) is 11.8 Å². The third-order valence-corrected chi connectivity index (χ3v) is 5.49. The Morgan fingerprint density at radius 1 is 1.03 bits per heavy atom. The van der Waals surface area contributed by atoms with Crippen molar-refractivity contribution in [3.63, 3.8) is 0 Å². The van der Waals surface area contributed by atoms with E-state index in [2.05, 4.69) is 25.9 Å². The lowest BCUT2D eigenvalue weighted by Gasteiger charge is -2.10. The molecule has 10 heteroatoms. The highest BCUT2D eigenvalue weighted by Crippen LogP contribution is 2.26. The fourth-order valence-corrected chi connectivity index (χ4v) is 3.72. The van der Waals surface area contributed by atoms with Gasteiger partial charge in [0.2, 0.25) is 5.91 Å². The molecule has 3 rings (SSSR count). The van der Waals surface area contributed by atoms with Gasteiger partial charge in [-0.15, -0.1) is 11.8 Å². The molecule has 0 unspecified atom stereocenters. The van der Waals surface area contributed by atoms with E-state index in [-0.39, 0.29) is 25.0 Å². The van der Waals surface area contributed by atoms with Crippen molar-refractivity contribution in [2.24, 2.45) is 0 Å². The molecule has 0 bridgehead atoms. The summed E-state index contributed by atoms with van der Waals surface area (Å²) in [5.74, 6) is 0.454. The Morgan fingerprint density at radius 3 is 2.62 bits per heavy atom. The number of carbonyl (C=O) groups is 2. The number of anilines is 2. The lowest BCUT2D eigenvalue weighted by Crippen LogP contribution is -2.30. The zero-order valence-electron chi connectivity index (χ0n) is 17.0. The Bertz CT molecular complexity index is 1070. The number of benzene rings is 1. The van der Waals surface area contributed by atoms with Gasteiger partial charge in [0.15, 0.2) is 0 Å².